The number of carbonyl (C=O) groups excluding carboxylic acids is 1. The van der Waals surface area contributed by atoms with Gasteiger partial charge in [-0.2, -0.15) is 0 Å². The summed E-state index contributed by atoms with van der Waals surface area (Å²) in [5, 5.41) is 0. The van der Waals surface area contributed by atoms with Crippen LogP contribution < -0.4 is 9.80 Å². The van der Waals surface area contributed by atoms with Crippen molar-refractivity contribution in [2.75, 3.05) is 49.1 Å². The van der Waals surface area contributed by atoms with Crippen LogP contribution in [0.1, 0.15) is 24.0 Å². The first-order valence-corrected chi connectivity index (χ1v) is 11.4. The highest BCUT2D eigenvalue weighted by atomic mass is 16.2. The number of nitrogens with one attached hydrogen (secondary N) is 1. The lowest BCUT2D eigenvalue weighted by atomic mass is 9.95. The van der Waals surface area contributed by atoms with Crippen LogP contribution in [0.4, 0.5) is 11.6 Å². The molecule has 5 rings (SSSR count). The number of piperidine rings is 1. The number of piperazine rings is 1. The molecule has 3 heterocycles. The second kappa shape index (κ2) is 8.25. The fraction of sp³-hybridized carbons (Fsp3) is 0.440. The van der Waals surface area contributed by atoms with Crippen molar-refractivity contribution >= 4 is 28.6 Å². The number of imidazole rings is 1. The van der Waals surface area contributed by atoms with Crippen LogP contribution in [0, 0.1) is 19.8 Å². The first kappa shape index (κ1) is 19.9. The van der Waals surface area contributed by atoms with Crippen molar-refractivity contribution in [1.29, 1.82) is 0 Å². The zero-order chi connectivity index (χ0) is 21.4. The minimum Gasteiger partial charge on any atom is -0.368 e. The van der Waals surface area contributed by atoms with Gasteiger partial charge in [0.15, 0.2) is 0 Å². The van der Waals surface area contributed by atoms with Crippen LogP contribution in [0.3, 0.4) is 0 Å². The van der Waals surface area contributed by atoms with Gasteiger partial charge in [0.05, 0.1) is 11.0 Å². The van der Waals surface area contributed by atoms with Crippen molar-refractivity contribution in [1.82, 2.24) is 14.9 Å². The first-order chi connectivity index (χ1) is 15.1. The number of para-hydroxylation sites is 2. The topological polar surface area (TPSA) is 55.5 Å². The zero-order valence-corrected chi connectivity index (χ0v) is 18.5. The number of rotatable bonds is 3. The third-order valence-corrected chi connectivity index (χ3v) is 6.82. The molecular formula is C25H31N5O. The highest BCUT2D eigenvalue weighted by Crippen LogP contribution is 2.27. The molecule has 0 atom stereocenters. The Labute approximate surface area is 183 Å². The van der Waals surface area contributed by atoms with Crippen molar-refractivity contribution in [2.45, 2.75) is 26.7 Å². The van der Waals surface area contributed by atoms with Gasteiger partial charge < -0.3 is 19.7 Å². The molecule has 0 aliphatic carbocycles. The molecule has 0 radical (unpaired) electrons. The van der Waals surface area contributed by atoms with Crippen LogP contribution in [-0.4, -0.2) is 60.0 Å². The average Bonchev–Trinajstić information content (AvgIpc) is 3.25. The Balaban J connectivity index is 1.16. The van der Waals surface area contributed by atoms with Crippen molar-refractivity contribution in [2.24, 2.45) is 5.92 Å². The highest BCUT2D eigenvalue weighted by molar-refractivity contribution is 5.80. The predicted molar refractivity (Wildman–Crippen MR) is 126 cm³/mol. The number of nitrogens with zero attached hydrogens (tertiary/aromatic N) is 4. The molecule has 0 unspecified atom stereocenters. The number of hydrogen-bond donors (Lipinski definition) is 1. The van der Waals surface area contributed by atoms with Gasteiger partial charge in [-0.3, -0.25) is 4.79 Å². The molecule has 2 aliphatic rings. The van der Waals surface area contributed by atoms with Crippen molar-refractivity contribution < 1.29 is 4.79 Å². The van der Waals surface area contributed by atoms with E-state index in [9.17, 15) is 4.79 Å². The number of H-pyrrole nitrogens is 1. The highest BCUT2D eigenvalue weighted by Gasteiger charge is 2.31. The minimum atomic E-state index is 0.132. The second-order valence-corrected chi connectivity index (χ2v) is 8.94. The molecule has 0 bridgehead atoms. The van der Waals surface area contributed by atoms with E-state index in [0.717, 1.165) is 69.1 Å². The fourth-order valence-electron chi connectivity index (χ4n) is 4.91. The van der Waals surface area contributed by atoms with Crippen molar-refractivity contribution in [3.05, 3.63) is 53.6 Å². The van der Waals surface area contributed by atoms with E-state index in [0.29, 0.717) is 5.91 Å². The van der Waals surface area contributed by atoms with Gasteiger partial charge in [0.1, 0.15) is 0 Å². The summed E-state index contributed by atoms with van der Waals surface area (Å²) in [6, 6.07) is 14.7. The number of aromatic amines is 1. The van der Waals surface area contributed by atoms with E-state index in [4.69, 9.17) is 4.98 Å². The van der Waals surface area contributed by atoms with E-state index in [1.807, 2.05) is 18.2 Å². The Kier molecular flexibility index (Phi) is 5.30. The van der Waals surface area contributed by atoms with Crippen molar-refractivity contribution in [3.8, 4) is 0 Å². The number of aromatic nitrogens is 2. The van der Waals surface area contributed by atoms with Gasteiger partial charge >= 0.3 is 0 Å². The standard InChI is InChI=1S/C25H31N5O/c1-18-7-8-19(2)23(17-18)28-13-15-29(16-14-28)24(31)20-9-11-30(12-10-20)25-26-21-5-3-4-6-22(21)27-25/h3-8,17,20H,9-16H2,1-2H3,(H,26,27). The molecule has 2 saturated heterocycles. The summed E-state index contributed by atoms with van der Waals surface area (Å²) >= 11 is 0. The number of fused-ring (bicyclic) bond motifs is 1. The monoisotopic (exact) mass is 417 g/mol. The Bertz CT molecular complexity index is 1040. The summed E-state index contributed by atoms with van der Waals surface area (Å²) in [7, 11) is 0. The summed E-state index contributed by atoms with van der Waals surface area (Å²) in [5.74, 6) is 1.40. The molecule has 0 saturated carbocycles. The molecule has 6 nitrogen and oxygen atoms in total. The van der Waals surface area contributed by atoms with Gasteiger partial charge in [0, 0.05) is 50.9 Å². The summed E-state index contributed by atoms with van der Waals surface area (Å²) < 4.78 is 0. The maximum Gasteiger partial charge on any atom is 0.225 e. The summed E-state index contributed by atoms with van der Waals surface area (Å²) in [4.78, 5) is 28.1. The Hall–Kier alpha value is -3.02. The number of hydrogen-bond acceptors (Lipinski definition) is 4. The number of aryl methyl sites for hydroxylation is 2. The molecule has 2 aromatic carbocycles. The number of benzene rings is 2. The van der Waals surface area contributed by atoms with E-state index < -0.39 is 0 Å². The number of anilines is 2. The maximum atomic E-state index is 13.2. The molecule has 1 amide bonds. The lowest BCUT2D eigenvalue weighted by Crippen LogP contribution is -2.52. The molecule has 1 N–H and O–H groups in total. The third-order valence-electron chi connectivity index (χ3n) is 6.82. The van der Waals surface area contributed by atoms with Crippen LogP contribution in [0.25, 0.3) is 11.0 Å². The Morgan fingerprint density at radius 2 is 1.68 bits per heavy atom. The largest absolute Gasteiger partial charge is 0.368 e. The smallest absolute Gasteiger partial charge is 0.225 e. The fourth-order valence-corrected chi connectivity index (χ4v) is 4.91. The molecule has 2 aliphatic heterocycles. The molecular weight excluding hydrogens is 386 g/mol. The lowest BCUT2D eigenvalue weighted by Gasteiger charge is -2.39. The average molecular weight is 418 g/mol. The molecule has 2 fully saturated rings. The van der Waals surface area contributed by atoms with E-state index >= 15 is 0 Å². The van der Waals surface area contributed by atoms with E-state index in [1.165, 1.54) is 16.8 Å². The van der Waals surface area contributed by atoms with Gasteiger partial charge in [-0.05, 0) is 56.0 Å². The maximum absolute atomic E-state index is 13.2. The van der Waals surface area contributed by atoms with Gasteiger partial charge in [-0.1, -0.05) is 24.3 Å². The molecule has 31 heavy (non-hydrogen) atoms. The second-order valence-electron chi connectivity index (χ2n) is 8.94. The van der Waals surface area contributed by atoms with Gasteiger partial charge in [0.2, 0.25) is 11.9 Å². The van der Waals surface area contributed by atoms with Gasteiger partial charge in [-0.15, -0.1) is 0 Å². The van der Waals surface area contributed by atoms with Crippen molar-refractivity contribution in [3.63, 3.8) is 0 Å². The van der Waals surface area contributed by atoms with E-state index in [-0.39, 0.29) is 5.92 Å². The normalized spacial score (nSPS) is 18.1. The molecule has 3 aromatic rings. The summed E-state index contributed by atoms with van der Waals surface area (Å²) in [5.41, 5.74) is 5.97. The van der Waals surface area contributed by atoms with Gasteiger partial charge in [0.25, 0.3) is 0 Å². The molecule has 0 spiro atoms. The number of carbonyl (C=O) groups is 1. The molecule has 1 aromatic heterocycles. The lowest BCUT2D eigenvalue weighted by molar-refractivity contribution is -0.136. The SMILES string of the molecule is Cc1ccc(C)c(N2CCN(C(=O)C3CCN(c4nc5ccccc5[nH]4)CC3)CC2)c1. The van der Waals surface area contributed by atoms with E-state index in [1.54, 1.807) is 0 Å². The quantitative estimate of drug-likeness (QED) is 0.705. The van der Waals surface area contributed by atoms with Crippen LogP contribution in [0.5, 0.6) is 0 Å². The van der Waals surface area contributed by atoms with Crippen LogP contribution in [-0.2, 0) is 4.79 Å². The van der Waals surface area contributed by atoms with Crippen LogP contribution in [0.2, 0.25) is 0 Å². The molecule has 6 heteroatoms. The minimum absolute atomic E-state index is 0.132. The van der Waals surface area contributed by atoms with Gasteiger partial charge in [-0.25, -0.2) is 4.98 Å². The zero-order valence-electron chi connectivity index (χ0n) is 18.5. The predicted octanol–water partition coefficient (Wildman–Crippen LogP) is 3.74. The summed E-state index contributed by atoms with van der Waals surface area (Å²) in [6.07, 6.45) is 1.79. The number of amides is 1. The Morgan fingerprint density at radius 1 is 0.935 bits per heavy atom. The summed E-state index contributed by atoms with van der Waals surface area (Å²) in [6.45, 7) is 9.51. The Morgan fingerprint density at radius 3 is 2.42 bits per heavy atom. The first-order valence-electron chi connectivity index (χ1n) is 11.4. The third kappa shape index (κ3) is 3.99. The molecule has 162 valence electrons. The van der Waals surface area contributed by atoms with Crippen LogP contribution in [0.15, 0.2) is 42.5 Å². The van der Waals surface area contributed by atoms with E-state index in [2.05, 4.69) is 57.8 Å². The van der Waals surface area contributed by atoms with Crippen LogP contribution >= 0.6 is 0 Å².